The molecule has 8 nitrogen and oxygen atoms in total. The van der Waals surface area contributed by atoms with Gasteiger partial charge in [-0.3, -0.25) is 14.3 Å². The van der Waals surface area contributed by atoms with E-state index in [1.54, 1.807) is 12.3 Å². The standard InChI is InChI=1S/C20H23N5O3/c26-18(21-9-10-23-11-13-28-14-12-23)15-24-17-7-4-8-22-19(17)25(20(24)27)16-5-2-1-3-6-16/h1-8H,9-15H2,(H,21,26). The Hall–Kier alpha value is -2.97. The Balaban J connectivity index is 1.51. The minimum absolute atomic E-state index is 0.0377. The van der Waals surface area contributed by atoms with E-state index in [0.29, 0.717) is 17.7 Å². The summed E-state index contributed by atoms with van der Waals surface area (Å²) < 4.78 is 8.33. The maximum absolute atomic E-state index is 13.0. The predicted octanol–water partition coefficient (Wildman–Crippen LogP) is 0.636. The molecule has 0 unspecified atom stereocenters. The molecule has 0 saturated carbocycles. The molecule has 0 atom stereocenters. The topological polar surface area (TPSA) is 81.4 Å². The van der Waals surface area contributed by atoms with Crippen LogP contribution in [0.3, 0.4) is 0 Å². The summed E-state index contributed by atoms with van der Waals surface area (Å²) in [5.41, 5.74) is 1.63. The highest BCUT2D eigenvalue weighted by atomic mass is 16.5. The fourth-order valence-corrected chi connectivity index (χ4v) is 3.43. The normalized spacial score (nSPS) is 15.0. The van der Waals surface area contributed by atoms with Gasteiger partial charge < -0.3 is 10.1 Å². The third-order valence-electron chi connectivity index (χ3n) is 4.86. The van der Waals surface area contributed by atoms with Crippen molar-refractivity contribution in [2.24, 2.45) is 0 Å². The van der Waals surface area contributed by atoms with E-state index < -0.39 is 0 Å². The summed E-state index contributed by atoms with van der Waals surface area (Å²) in [6.45, 7) is 4.51. The van der Waals surface area contributed by atoms with Crippen LogP contribution in [0.2, 0.25) is 0 Å². The number of benzene rings is 1. The van der Waals surface area contributed by atoms with Gasteiger partial charge in [-0.15, -0.1) is 0 Å². The Kier molecular flexibility index (Phi) is 5.50. The molecule has 1 N–H and O–H groups in total. The molecule has 1 aliphatic rings. The van der Waals surface area contributed by atoms with E-state index in [-0.39, 0.29) is 18.1 Å². The van der Waals surface area contributed by atoms with Crippen LogP contribution in [0.15, 0.2) is 53.5 Å². The molecular weight excluding hydrogens is 358 g/mol. The van der Waals surface area contributed by atoms with Gasteiger partial charge in [0.15, 0.2) is 5.65 Å². The average molecular weight is 381 g/mol. The zero-order chi connectivity index (χ0) is 19.3. The molecule has 3 aromatic rings. The minimum atomic E-state index is -0.275. The quantitative estimate of drug-likeness (QED) is 0.678. The number of nitrogens with zero attached hydrogens (tertiary/aromatic N) is 4. The Morgan fingerprint density at radius 2 is 1.89 bits per heavy atom. The number of ether oxygens (including phenoxy) is 1. The molecule has 0 bridgehead atoms. The van der Waals surface area contributed by atoms with E-state index >= 15 is 0 Å². The number of morpholine rings is 1. The number of carbonyl (C=O) groups is 1. The van der Waals surface area contributed by atoms with Gasteiger partial charge in [-0.2, -0.15) is 0 Å². The molecule has 146 valence electrons. The number of carbonyl (C=O) groups excluding carboxylic acids is 1. The van der Waals surface area contributed by atoms with Crippen LogP contribution in [0.25, 0.3) is 16.9 Å². The summed E-state index contributed by atoms with van der Waals surface area (Å²) in [4.78, 5) is 32.1. The average Bonchev–Trinajstić information content (AvgIpc) is 3.01. The lowest BCUT2D eigenvalue weighted by Crippen LogP contribution is -2.42. The Labute approximate surface area is 162 Å². The van der Waals surface area contributed by atoms with Crippen molar-refractivity contribution in [2.45, 2.75) is 6.54 Å². The number of nitrogens with one attached hydrogen (secondary N) is 1. The first-order valence-corrected chi connectivity index (χ1v) is 9.42. The number of rotatable bonds is 6. The van der Waals surface area contributed by atoms with Crippen molar-refractivity contribution in [3.05, 3.63) is 59.1 Å². The van der Waals surface area contributed by atoms with Gasteiger partial charge in [-0.1, -0.05) is 18.2 Å². The van der Waals surface area contributed by atoms with Crippen molar-refractivity contribution < 1.29 is 9.53 Å². The zero-order valence-electron chi connectivity index (χ0n) is 15.6. The largest absolute Gasteiger partial charge is 0.379 e. The summed E-state index contributed by atoms with van der Waals surface area (Å²) >= 11 is 0. The van der Waals surface area contributed by atoms with E-state index in [0.717, 1.165) is 38.5 Å². The second-order valence-electron chi connectivity index (χ2n) is 6.69. The molecule has 1 aromatic carbocycles. The summed E-state index contributed by atoms with van der Waals surface area (Å²) in [6, 6.07) is 12.9. The number of amides is 1. The van der Waals surface area contributed by atoms with Crippen LogP contribution in [0.4, 0.5) is 0 Å². The highest BCUT2D eigenvalue weighted by Gasteiger charge is 2.17. The van der Waals surface area contributed by atoms with Gasteiger partial charge in [0.25, 0.3) is 0 Å². The smallest absolute Gasteiger partial charge is 0.335 e. The number of aromatic nitrogens is 3. The second kappa shape index (κ2) is 8.37. The lowest BCUT2D eigenvalue weighted by Gasteiger charge is -2.26. The van der Waals surface area contributed by atoms with Gasteiger partial charge in [0.1, 0.15) is 6.54 Å². The SMILES string of the molecule is O=C(Cn1c(=O)n(-c2ccccc2)c2ncccc21)NCCN1CCOCC1. The fraction of sp³-hybridized carbons (Fsp3) is 0.350. The fourth-order valence-electron chi connectivity index (χ4n) is 3.43. The van der Waals surface area contributed by atoms with Crippen LogP contribution < -0.4 is 11.0 Å². The van der Waals surface area contributed by atoms with Gasteiger partial charge in [-0.25, -0.2) is 14.3 Å². The van der Waals surface area contributed by atoms with Crippen LogP contribution in [-0.4, -0.2) is 64.3 Å². The molecule has 8 heteroatoms. The van der Waals surface area contributed by atoms with Crippen LogP contribution >= 0.6 is 0 Å². The van der Waals surface area contributed by atoms with E-state index in [4.69, 9.17) is 4.74 Å². The van der Waals surface area contributed by atoms with E-state index in [9.17, 15) is 9.59 Å². The molecule has 28 heavy (non-hydrogen) atoms. The number of fused-ring (bicyclic) bond motifs is 1. The zero-order valence-corrected chi connectivity index (χ0v) is 15.6. The van der Waals surface area contributed by atoms with Crippen molar-refractivity contribution in [1.29, 1.82) is 0 Å². The molecule has 1 fully saturated rings. The maximum Gasteiger partial charge on any atom is 0.335 e. The molecule has 0 aliphatic carbocycles. The van der Waals surface area contributed by atoms with Gasteiger partial charge in [0.05, 0.1) is 24.4 Å². The van der Waals surface area contributed by atoms with Crippen molar-refractivity contribution >= 4 is 17.1 Å². The number of imidazole rings is 1. The van der Waals surface area contributed by atoms with Gasteiger partial charge in [-0.05, 0) is 24.3 Å². The Morgan fingerprint density at radius 3 is 2.68 bits per heavy atom. The molecule has 1 saturated heterocycles. The lowest BCUT2D eigenvalue weighted by atomic mass is 10.3. The van der Waals surface area contributed by atoms with Crippen molar-refractivity contribution in [3.63, 3.8) is 0 Å². The van der Waals surface area contributed by atoms with Crippen molar-refractivity contribution in [1.82, 2.24) is 24.3 Å². The third kappa shape index (κ3) is 3.83. The van der Waals surface area contributed by atoms with Crippen molar-refractivity contribution in [2.75, 3.05) is 39.4 Å². The van der Waals surface area contributed by atoms with Gasteiger partial charge in [0, 0.05) is 32.4 Å². The number of hydrogen-bond acceptors (Lipinski definition) is 5. The van der Waals surface area contributed by atoms with E-state index in [1.807, 2.05) is 36.4 Å². The number of para-hydroxylation sites is 1. The second-order valence-corrected chi connectivity index (χ2v) is 6.69. The molecule has 0 radical (unpaired) electrons. The Bertz CT molecular complexity index is 1010. The van der Waals surface area contributed by atoms with Crippen LogP contribution in [-0.2, 0) is 16.1 Å². The Morgan fingerprint density at radius 1 is 1.11 bits per heavy atom. The van der Waals surface area contributed by atoms with E-state index in [2.05, 4.69) is 15.2 Å². The number of hydrogen-bond donors (Lipinski definition) is 1. The molecule has 1 aliphatic heterocycles. The summed E-state index contributed by atoms with van der Waals surface area (Å²) in [5.74, 6) is -0.189. The van der Waals surface area contributed by atoms with Crippen LogP contribution in [0.1, 0.15) is 0 Å². The molecule has 0 spiro atoms. The van der Waals surface area contributed by atoms with Crippen LogP contribution in [0, 0.1) is 0 Å². The lowest BCUT2D eigenvalue weighted by molar-refractivity contribution is -0.121. The van der Waals surface area contributed by atoms with Crippen LogP contribution in [0.5, 0.6) is 0 Å². The third-order valence-corrected chi connectivity index (χ3v) is 4.86. The maximum atomic E-state index is 13.0. The summed E-state index contributed by atoms with van der Waals surface area (Å²) in [6.07, 6.45) is 1.65. The first-order chi connectivity index (χ1) is 13.7. The molecule has 4 rings (SSSR count). The highest BCUT2D eigenvalue weighted by molar-refractivity contribution is 5.80. The van der Waals surface area contributed by atoms with Gasteiger partial charge in [0.2, 0.25) is 5.91 Å². The number of pyridine rings is 1. The summed E-state index contributed by atoms with van der Waals surface area (Å²) in [5, 5.41) is 2.91. The first kappa shape index (κ1) is 18.4. The molecular formula is C20H23N5O3. The first-order valence-electron chi connectivity index (χ1n) is 9.42. The predicted molar refractivity (Wildman–Crippen MR) is 106 cm³/mol. The van der Waals surface area contributed by atoms with E-state index in [1.165, 1.54) is 9.13 Å². The van der Waals surface area contributed by atoms with Crippen molar-refractivity contribution in [3.8, 4) is 5.69 Å². The molecule has 3 heterocycles. The monoisotopic (exact) mass is 381 g/mol. The highest BCUT2D eigenvalue weighted by Crippen LogP contribution is 2.15. The summed E-state index contributed by atoms with van der Waals surface area (Å²) in [7, 11) is 0. The van der Waals surface area contributed by atoms with Gasteiger partial charge >= 0.3 is 5.69 Å². The molecule has 2 aromatic heterocycles. The molecule has 1 amide bonds. The minimum Gasteiger partial charge on any atom is -0.379 e.